The molecule has 0 saturated heterocycles. The van der Waals surface area contributed by atoms with Crippen LogP contribution in [0.15, 0.2) is 40.9 Å². The van der Waals surface area contributed by atoms with Gasteiger partial charge in [0.15, 0.2) is 0 Å². The molecule has 2 N–H and O–H groups in total. The van der Waals surface area contributed by atoms with Crippen molar-refractivity contribution in [2.45, 2.75) is 6.61 Å². The number of nitrogen functional groups attached to an aromatic ring is 1. The molecule has 18 heavy (non-hydrogen) atoms. The van der Waals surface area contributed by atoms with E-state index in [0.717, 1.165) is 0 Å². The molecule has 0 heterocycles. The summed E-state index contributed by atoms with van der Waals surface area (Å²) in [5, 5.41) is 0.420. The summed E-state index contributed by atoms with van der Waals surface area (Å²) in [5.41, 5.74) is 6.55. The Labute approximate surface area is 118 Å². The first-order valence-electron chi connectivity index (χ1n) is 5.18. The first-order chi connectivity index (χ1) is 8.56. The van der Waals surface area contributed by atoms with Crippen LogP contribution in [-0.4, -0.2) is 0 Å². The van der Waals surface area contributed by atoms with Gasteiger partial charge in [-0.2, -0.15) is 0 Å². The van der Waals surface area contributed by atoms with Crippen LogP contribution in [0.25, 0.3) is 0 Å². The summed E-state index contributed by atoms with van der Waals surface area (Å²) in [6.07, 6.45) is 0. The molecule has 0 amide bonds. The fourth-order valence-electron chi connectivity index (χ4n) is 1.40. The Bertz CT molecular complexity index is 577. The summed E-state index contributed by atoms with van der Waals surface area (Å²) in [4.78, 5) is 0. The molecule has 0 aliphatic carbocycles. The molecule has 2 aromatic carbocycles. The molecule has 0 aliphatic heterocycles. The van der Waals surface area contributed by atoms with E-state index in [1.807, 2.05) is 0 Å². The number of anilines is 1. The highest BCUT2D eigenvalue weighted by Crippen LogP contribution is 2.25. The molecule has 0 atom stereocenters. The maximum atomic E-state index is 13.5. The molecular weight excluding hydrogens is 321 g/mol. The van der Waals surface area contributed by atoms with Gasteiger partial charge in [0.2, 0.25) is 0 Å². The van der Waals surface area contributed by atoms with E-state index in [1.54, 1.807) is 30.3 Å². The van der Waals surface area contributed by atoms with Crippen LogP contribution in [0.3, 0.4) is 0 Å². The van der Waals surface area contributed by atoms with Gasteiger partial charge in [0.25, 0.3) is 0 Å². The fraction of sp³-hybridized carbons (Fsp3) is 0.0769. The largest absolute Gasteiger partial charge is 0.489 e. The second-order valence-electron chi connectivity index (χ2n) is 3.71. The number of rotatable bonds is 3. The molecule has 0 saturated carbocycles. The lowest BCUT2D eigenvalue weighted by Gasteiger charge is -2.08. The number of halogens is 3. The van der Waals surface area contributed by atoms with Crippen LogP contribution in [0.4, 0.5) is 10.1 Å². The molecular formula is C13H10BrClFNO. The summed E-state index contributed by atoms with van der Waals surface area (Å²) < 4.78 is 19.7. The third-order valence-electron chi connectivity index (χ3n) is 2.38. The highest BCUT2D eigenvalue weighted by atomic mass is 79.9. The van der Waals surface area contributed by atoms with Crippen LogP contribution in [0.1, 0.15) is 5.56 Å². The van der Waals surface area contributed by atoms with Crippen LogP contribution in [-0.2, 0) is 6.61 Å². The van der Waals surface area contributed by atoms with Gasteiger partial charge in [-0.15, -0.1) is 0 Å². The Kier molecular flexibility index (Phi) is 4.09. The lowest BCUT2D eigenvalue weighted by atomic mass is 10.2. The van der Waals surface area contributed by atoms with Crippen molar-refractivity contribution in [3.63, 3.8) is 0 Å². The van der Waals surface area contributed by atoms with E-state index in [0.29, 0.717) is 26.5 Å². The smallest absolute Gasteiger partial charge is 0.130 e. The minimum Gasteiger partial charge on any atom is -0.489 e. The third kappa shape index (κ3) is 3.15. The van der Waals surface area contributed by atoms with Gasteiger partial charge in [0.1, 0.15) is 18.2 Å². The van der Waals surface area contributed by atoms with Gasteiger partial charge in [-0.25, -0.2) is 4.39 Å². The Hall–Kier alpha value is -1.26. The lowest BCUT2D eigenvalue weighted by Crippen LogP contribution is -1.99. The van der Waals surface area contributed by atoms with Crippen LogP contribution in [0.5, 0.6) is 5.75 Å². The lowest BCUT2D eigenvalue weighted by molar-refractivity contribution is 0.300. The van der Waals surface area contributed by atoms with Crippen LogP contribution in [0.2, 0.25) is 5.02 Å². The predicted molar refractivity (Wildman–Crippen MR) is 74.3 cm³/mol. The summed E-state index contributed by atoms with van der Waals surface area (Å²) in [6, 6.07) is 9.77. The predicted octanol–water partition coefficient (Wildman–Crippen LogP) is 4.40. The van der Waals surface area contributed by atoms with Crippen molar-refractivity contribution in [2.24, 2.45) is 0 Å². The van der Waals surface area contributed by atoms with Crippen molar-refractivity contribution < 1.29 is 9.13 Å². The molecule has 94 valence electrons. The van der Waals surface area contributed by atoms with Crippen LogP contribution in [0, 0.1) is 5.82 Å². The number of nitrogens with two attached hydrogens (primary N) is 1. The molecule has 0 radical (unpaired) electrons. The molecule has 0 bridgehead atoms. The zero-order valence-electron chi connectivity index (χ0n) is 9.29. The highest BCUT2D eigenvalue weighted by molar-refractivity contribution is 9.10. The van der Waals surface area contributed by atoms with Gasteiger partial charge < -0.3 is 10.5 Å². The number of ether oxygens (including phenoxy) is 1. The molecule has 0 unspecified atom stereocenters. The van der Waals surface area contributed by atoms with Crippen molar-refractivity contribution in [1.29, 1.82) is 0 Å². The van der Waals surface area contributed by atoms with Gasteiger partial charge in [0, 0.05) is 16.1 Å². The van der Waals surface area contributed by atoms with E-state index in [9.17, 15) is 4.39 Å². The second-order valence-corrected chi connectivity index (χ2v) is 5.03. The Balaban J connectivity index is 2.09. The standard InChI is InChI=1S/C13H10BrClFNO/c14-9-2-1-8(12(16)5-9)7-18-10-3-4-13(17)11(15)6-10/h1-6H,7,17H2. The maximum Gasteiger partial charge on any atom is 0.130 e. The van der Waals surface area contributed by atoms with Crippen LogP contribution >= 0.6 is 27.5 Å². The molecule has 0 aromatic heterocycles. The first-order valence-corrected chi connectivity index (χ1v) is 6.35. The minimum atomic E-state index is -0.314. The van der Waals surface area contributed by atoms with E-state index in [-0.39, 0.29) is 12.4 Å². The van der Waals surface area contributed by atoms with E-state index >= 15 is 0 Å². The first kappa shape index (κ1) is 13.2. The van der Waals surface area contributed by atoms with Crippen molar-refractivity contribution in [3.8, 4) is 5.75 Å². The quantitative estimate of drug-likeness (QED) is 0.846. The summed E-state index contributed by atoms with van der Waals surface area (Å²) in [6.45, 7) is 0.138. The number of hydrogen-bond acceptors (Lipinski definition) is 2. The topological polar surface area (TPSA) is 35.2 Å². The van der Waals surface area contributed by atoms with Gasteiger partial charge in [-0.05, 0) is 24.3 Å². The van der Waals surface area contributed by atoms with Crippen molar-refractivity contribution >= 4 is 33.2 Å². The fourth-order valence-corrected chi connectivity index (χ4v) is 1.90. The second kappa shape index (κ2) is 5.59. The monoisotopic (exact) mass is 329 g/mol. The van der Waals surface area contributed by atoms with E-state index in [1.165, 1.54) is 6.07 Å². The number of hydrogen-bond donors (Lipinski definition) is 1. The van der Waals surface area contributed by atoms with Crippen molar-refractivity contribution in [3.05, 3.63) is 57.3 Å². The highest BCUT2D eigenvalue weighted by Gasteiger charge is 2.05. The van der Waals surface area contributed by atoms with Gasteiger partial charge in [-0.3, -0.25) is 0 Å². The van der Waals surface area contributed by atoms with Crippen molar-refractivity contribution in [1.82, 2.24) is 0 Å². The SMILES string of the molecule is Nc1ccc(OCc2ccc(Br)cc2F)cc1Cl. The van der Waals surface area contributed by atoms with Crippen LogP contribution < -0.4 is 10.5 Å². The van der Waals surface area contributed by atoms with Gasteiger partial charge in [-0.1, -0.05) is 33.6 Å². The molecule has 5 heteroatoms. The Morgan fingerprint density at radius 2 is 2.00 bits per heavy atom. The molecule has 2 rings (SSSR count). The average Bonchev–Trinajstić information content (AvgIpc) is 2.32. The molecule has 0 spiro atoms. The van der Waals surface area contributed by atoms with E-state index < -0.39 is 0 Å². The molecule has 2 nitrogen and oxygen atoms in total. The normalized spacial score (nSPS) is 10.4. The molecule has 2 aromatic rings. The Morgan fingerprint density at radius 3 is 2.67 bits per heavy atom. The summed E-state index contributed by atoms with van der Waals surface area (Å²) >= 11 is 9.06. The van der Waals surface area contributed by atoms with Gasteiger partial charge >= 0.3 is 0 Å². The van der Waals surface area contributed by atoms with E-state index in [4.69, 9.17) is 22.1 Å². The average molecular weight is 331 g/mol. The summed E-state index contributed by atoms with van der Waals surface area (Å²) in [5.74, 6) is 0.238. The van der Waals surface area contributed by atoms with E-state index in [2.05, 4.69) is 15.9 Å². The summed E-state index contributed by atoms with van der Waals surface area (Å²) in [7, 11) is 0. The van der Waals surface area contributed by atoms with Crippen molar-refractivity contribution in [2.75, 3.05) is 5.73 Å². The molecule has 0 fully saturated rings. The molecule has 0 aliphatic rings. The number of benzene rings is 2. The third-order valence-corrected chi connectivity index (χ3v) is 3.20. The Morgan fingerprint density at radius 1 is 1.22 bits per heavy atom. The minimum absolute atomic E-state index is 0.138. The zero-order valence-corrected chi connectivity index (χ0v) is 11.6. The maximum absolute atomic E-state index is 13.5. The zero-order chi connectivity index (χ0) is 13.1. The van der Waals surface area contributed by atoms with Gasteiger partial charge in [0.05, 0.1) is 10.7 Å².